The number of nitrogens with zero attached hydrogens (tertiary/aromatic N) is 1. The van der Waals surface area contributed by atoms with Crippen LogP contribution in [0.25, 0.3) is 0 Å². The largest absolute Gasteiger partial charge is 0.401 e. The molecule has 0 aromatic heterocycles. The summed E-state index contributed by atoms with van der Waals surface area (Å²) in [5, 5.41) is 11.0. The van der Waals surface area contributed by atoms with E-state index in [0.29, 0.717) is 12.5 Å². The summed E-state index contributed by atoms with van der Waals surface area (Å²) in [6, 6.07) is -0.169. The third-order valence-corrected chi connectivity index (χ3v) is 3.73. The first-order valence-electron chi connectivity index (χ1n) is 6.45. The summed E-state index contributed by atoms with van der Waals surface area (Å²) in [4.78, 5) is 0. The van der Waals surface area contributed by atoms with Crippen molar-refractivity contribution in [1.29, 1.82) is 0 Å². The first kappa shape index (κ1) is 12.7. The first-order chi connectivity index (χ1) is 8.16. The molecule has 2 atom stereocenters. The molecule has 0 bridgehead atoms. The third-order valence-electron chi connectivity index (χ3n) is 3.73. The van der Waals surface area contributed by atoms with E-state index < -0.39 is 6.29 Å². The van der Waals surface area contributed by atoms with E-state index in [-0.39, 0.29) is 6.04 Å². The predicted octanol–water partition coefficient (Wildman–Crippen LogP) is 0.650. The van der Waals surface area contributed by atoms with E-state index in [2.05, 4.69) is 0 Å². The predicted molar refractivity (Wildman–Crippen MR) is 65.2 cm³/mol. The van der Waals surface area contributed by atoms with E-state index in [1.54, 1.807) is 6.20 Å². The molecule has 1 aliphatic carbocycles. The standard InChI is InChI=1S/C12H23N3O2/c13-10(7-9-3-1-2-4-9)8-15(14)11-5-6-17-12(11)16/h8-9,11-12,16H,1-7,13-14H2/b10-8-/t11-,12?/m0/s1. The zero-order chi connectivity index (χ0) is 12.3. The zero-order valence-electron chi connectivity index (χ0n) is 10.2. The van der Waals surface area contributed by atoms with Crippen molar-refractivity contribution in [3.63, 3.8) is 0 Å². The second-order valence-electron chi connectivity index (χ2n) is 5.12. The molecule has 1 saturated heterocycles. The summed E-state index contributed by atoms with van der Waals surface area (Å²) in [5.41, 5.74) is 6.79. The lowest BCUT2D eigenvalue weighted by atomic mass is 10.0. The Morgan fingerprint density at radius 3 is 2.65 bits per heavy atom. The fourth-order valence-corrected chi connectivity index (χ4v) is 2.75. The lowest BCUT2D eigenvalue weighted by molar-refractivity contribution is -0.0872. The van der Waals surface area contributed by atoms with Gasteiger partial charge in [0.1, 0.15) is 0 Å². The van der Waals surface area contributed by atoms with Gasteiger partial charge in [0.05, 0.1) is 12.6 Å². The minimum absolute atomic E-state index is 0.169. The van der Waals surface area contributed by atoms with Gasteiger partial charge in [-0.15, -0.1) is 0 Å². The Morgan fingerprint density at radius 1 is 1.35 bits per heavy atom. The van der Waals surface area contributed by atoms with Crippen molar-refractivity contribution >= 4 is 0 Å². The molecule has 0 amide bonds. The molecule has 0 aromatic rings. The minimum Gasteiger partial charge on any atom is -0.401 e. The van der Waals surface area contributed by atoms with E-state index in [1.165, 1.54) is 30.7 Å². The molecule has 0 spiro atoms. The number of hydrazine groups is 1. The van der Waals surface area contributed by atoms with E-state index in [1.807, 2.05) is 0 Å². The van der Waals surface area contributed by atoms with Crippen LogP contribution in [-0.4, -0.2) is 29.1 Å². The number of hydrogen-bond acceptors (Lipinski definition) is 5. The van der Waals surface area contributed by atoms with Crippen molar-refractivity contribution in [3.8, 4) is 0 Å². The van der Waals surface area contributed by atoms with Crippen molar-refractivity contribution < 1.29 is 9.84 Å². The molecule has 1 unspecified atom stereocenters. The highest BCUT2D eigenvalue weighted by atomic mass is 16.6. The van der Waals surface area contributed by atoms with E-state index >= 15 is 0 Å². The number of aliphatic hydroxyl groups is 1. The molecule has 1 aliphatic heterocycles. The van der Waals surface area contributed by atoms with Crippen molar-refractivity contribution in [2.75, 3.05) is 6.61 Å². The monoisotopic (exact) mass is 241 g/mol. The number of rotatable bonds is 4. The van der Waals surface area contributed by atoms with Crippen molar-refractivity contribution in [2.24, 2.45) is 17.5 Å². The van der Waals surface area contributed by atoms with Gasteiger partial charge in [-0.3, -0.25) is 0 Å². The second-order valence-corrected chi connectivity index (χ2v) is 5.12. The average Bonchev–Trinajstić information content (AvgIpc) is 2.88. The Hall–Kier alpha value is -0.780. The molecule has 0 aromatic carbocycles. The molecule has 98 valence electrons. The Bertz CT molecular complexity index is 277. The fraction of sp³-hybridized carbons (Fsp3) is 0.833. The Balaban J connectivity index is 1.84. The van der Waals surface area contributed by atoms with Gasteiger partial charge in [0, 0.05) is 11.9 Å². The maximum Gasteiger partial charge on any atom is 0.176 e. The molecule has 2 aliphatic rings. The van der Waals surface area contributed by atoms with Crippen LogP contribution in [0.3, 0.4) is 0 Å². The van der Waals surface area contributed by atoms with Crippen LogP contribution in [0.5, 0.6) is 0 Å². The summed E-state index contributed by atoms with van der Waals surface area (Å²) in [6.07, 6.45) is 7.79. The molecule has 2 fully saturated rings. The highest BCUT2D eigenvalue weighted by molar-refractivity contribution is 4.99. The normalized spacial score (nSPS) is 31.1. The van der Waals surface area contributed by atoms with Gasteiger partial charge in [0.25, 0.3) is 0 Å². The Morgan fingerprint density at radius 2 is 2.06 bits per heavy atom. The van der Waals surface area contributed by atoms with Crippen LogP contribution < -0.4 is 11.6 Å². The average molecular weight is 241 g/mol. The lowest BCUT2D eigenvalue weighted by Gasteiger charge is -2.24. The van der Waals surface area contributed by atoms with Crippen LogP contribution in [-0.2, 0) is 4.74 Å². The van der Waals surface area contributed by atoms with Gasteiger partial charge in [0.2, 0.25) is 0 Å². The molecule has 1 saturated carbocycles. The SMILES string of the molecule is N/C(=C\N(N)[C@H]1CCOC1O)CC1CCCC1. The van der Waals surface area contributed by atoms with E-state index in [9.17, 15) is 5.11 Å². The zero-order valence-corrected chi connectivity index (χ0v) is 10.2. The molecular weight excluding hydrogens is 218 g/mol. The number of nitrogens with two attached hydrogens (primary N) is 2. The van der Waals surface area contributed by atoms with Crippen LogP contribution in [0.15, 0.2) is 11.9 Å². The van der Waals surface area contributed by atoms with Crippen molar-refractivity contribution in [3.05, 3.63) is 11.9 Å². The summed E-state index contributed by atoms with van der Waals surface area (Å²) in [6.45, 7) is 0.551. The number of hydrogen-bond donors (Lipinski definition) is 3. The molecule has 1 heterocycles. The molecule has 5 heteroatoms. The molecule has 2 rings (SSSR count). The molecule has 5 nitrogen and oxygen atoms in total. The van der Waals surface area contributed by atoms with Crippen LogP contribution in [0.1, 0.15) is 38.5 Å². The van der Waals surface area contributed by atoms with Crippen molar-refractivity contribution in [1.82, 2.24) is 5.01 Å². The van der Waals surface area contributed by atoms with Crippen LogP contribution in [0.4, 0.5) is 0 Å². The quantitative estimate of drug-likeness (QED) is 0.497. The summed E-state index contributed by atoms with van der Waals surface area (Å²) < 4.78 is 5.07. The maximum absolute atomic E-state index is 9.54. The highest BCUT2D eigenvalue weighted by Gasteiger charge is 2.29. The van der Waals surface area contributed by atoms with Gasteiger partial charge in [-0.2, -0.15) is 0 Å². The van der Waals surface area contributed by atoms with E-state index in [0.717, 1.165) is 18.5 Å². The lowest BCUT2D eigenvalue weighted by Crippen LogP contribution is -2.42. The molecule has 0 radical (unpaired) electrons. The minimum atomic E-state index is -0.796. The van der Waals surface area contributed by atoms with Gasteiger partial charge in [-0.25, -0.2) is 5.84 Å². The van der Waals surface area contributed by atoms with Crippen molar-refractivity contribution in [2.45, 2.75) is 50.9 Å². The fourth-order valence-electron chi connectivity index (χ4n) is 2.75. The summed E-state index contributed by atoms with van der Waals surface area (Å²) >= 11 is 0. The number of aliphatic hydroxyl groups excluding tert-OH is 1. The van der Waals surface area contributed by atoms with Crippen LogP contribution in [0.2, 0.25) is 0 Å². The van der Waals surface area contributed by atoms with Gasteiger partial charge in [-0.05, 0) is 18.8 Å². The molecule has 5 N–H and O–H groups in total. The summed E-state index contributed by atoms with van der Waals surface area (Å²) in [7, 11) is 0. The van der Waals surface area contributed by atoms with Gasteiger partial charge >= 0.3 is 0 Å². The number of ether oxygens (including phenoxy) is 1. The third kappa shape index (κ3) is 3.34. The van der Waals surface area contributed by atoms with Gasteiger partial charge in [-0.1, -0.05) is 25.7 Å². The van der Waals surface area contributed by atoms with Crippen LogP contribution >= 0.6 is 0 Å². The smallest absolute Gasteiger partial charge is 0.176 e. The topological polar surface area (TPSA) is 84.7 Å². The second kappa shape index (κ2) is 5.71. The van der Waals surface area contributed by atoms with Gasteiger partial charge in [0.15, 0.2) is 6.29 Å². The highest BCUT2D eigenvalue weighted by Crippen LogP contribution is 2.29. The number of allylic oxidation sites excluding steroid dienone is 1. The maximum atomic E-state index is 9.54. The van der Waals surface area contributed by atoms with E-state index in [4.69, 9.17) is 16.3 Å². The summed E-state index contributed by atoms with van der Waals surface area (Å²) in [5.74, 6) is 6.59. The molecular formula is C12H23N3O2. The Kier molecular flexibility index (Phi) is 4.25. The first-order valence-corrected chi connectivity index (χ1v) is 6.45. The van der Waals surface area contributed by atoms with Crippen LogP contribution in [0, 0.1) is 5.92 Å². The Labute approximate surface area is 102 Å². The van der Waals surface area contributed by atoms with Gasteiger partial charge < -0.3 is 20.6 Å². The molecule has 17 heavy (non-hydrogen) atoms.